The molecule has 25 heavy (non-hydrogen) atoms. The van der Waals surface area contributed by atoms with Gasteiger partial charge in [0.2, 0.25) is 0 Å². The first kappa shape index (κ1) is 16.9. The number of nitriles is 1. The quantitative estimate of drug-likeness (QED) is 0.501. The maximum absolute atomic E-state index is 12.4. The first-order valence-corrected chi connectivity index (χ1v) is 8.22. The van der Waals surface area contributed by atoms with Gasteiger partial charge in [-0.1, -0.05) is 29.8 Å². The molecule has 2 aromatic carbocycles. The molecule has 126 valence electrons. The van der Waals surface area contributed by atoms with Gasteiger partial charge in [0.15, 0.2) is 0 Å². The highest BCUT2D eigenvalue weighted by Crippen LogP contribution is 2.32. The number of para-hydroxylation sites is 1. The summed E-state index contributed by atoms with van der Waals surface area (Å²) < 4.78 is 0. The average Bonchev–Trinajstić information content (AvgIpc) is 2.91. The minimum atomic E-state index is -0.486. The number of rotatable bonds is 3. The van der Waals surface area contributed by atoms with Crippen LogP contribution < -0.4 is 16.0 Å². The number of halogens is 1. The largest absolute Gasteiger partial charge is 0.398 e. The van der Waals surface area contributed by atoms with Crippen LogP contribution in [0.1, 0.15) is 12.5 Å². The summed E-state index contributed by atoms with van der Waals surface area (Å²) >= 11 is 5.96. The fraction of sp³-hybridized carbons (Fsp3) is 0.158. The van der Waals surface area contributed by atoms with Gasteiger partial charge in [0.25, 0.3) is 5.91 Å². The predicted octanol–water partition coefficient (Wildman–Crippen LogP) is 3.72. The summed E-state index contributed by atoms with van der Waals surface area (Å²) in [6.07, 6.45) is 2.48. The third kappa shape index (κ3) is 3.44. The van der Waals surface area contributed by atoms with Crippen molar-refractivity contribution in [3.63, 3.8) is 0 Å². The summed E-state index contributed by atoms with van der Waals surface area (Å²) in [5, 5.41) is 12.4. The predicted molar refractivity (Wildman–Crippen MR) is 100 cm³/mol. The second-order valence-electron chi connectivity index (χ2n) is 5.93. The van der Waals surface area contributed by atoms with Crippen LogP contribution in [0.2, 0.25) is 5.02 Å². The lowest BCUT2D eigenvalue weighted by atomic mass is 10.1. The topological polar surface area (TPSA) is 82.2 Å². The number of nitrogens with zero attached hydrogens (tertiary/aromatic N) is 2. The number of nitrogens with two attached hydrogens (primary N) is 1. The van der Waals surface area contributed by atoms with Gasteiger partial charge in [-0.25, -0.2) is 0 Å². The number of carbonyl (C=O) groups excluding carboxylic acids is 1. The lowest BCUT2D eigenvalue weighted by molar-refractivity contribution is -0.112. The Kier molecular flexibility index (Phi) is 4.64. The van der Waals surface area contributed by atoms with E-state index in [1.165, 1.54) is 5.56 Å². The smallest absolute Gasteiger partial charge is 0.267 e. The molecule has 1 unspecified atom stereocenters. The number of hydrogen-bond donors (Lipinski definition) is 2. The van der Waals surface area contributed by atoms with Gasteiger partial charge in [0.1, 0.15) is 11.6 Å². The number of anilines is 3. The SMILES string of the molecule is CC1Cc2ccccc2N1/C=C(/C#N)C(=O)Nc1ccc(N)c(Cl)c1. The molecule has 3 N–H and O–H groups in total. The maximum Gasteiger partial charge on any atom is 0.267 e. The monoisotopic (exact) mass is 352 g/mol. The molecule has 6 heteroatoms. The van der Waals surface area contributed by atoms with Crippen LogP contribution >= 0.6 is 11.6 Å². The molecule has 0 saturated heterocycles. The normalized spacial score (nSPS) is 16.3. The van der Waals surface area contributed by atoms with Crippen LogP contribution in [-0.2, 0) is 11.2 Å². The van der Waals surface area contributed by atoms with E-state index in [-0.39, 0.29) is 11.6 Å². The van der Waals surface area contributed by atoms with E-state index in [4.69, 9.17) is 17.3 Å². The Bertz CT molecular complexity index is 901. The molecule has 0 aliphatic carbocycles. The molecule has 0 fully saturated rings. The van der Waals surface area contributed by atoms with E-state index in [1.807, 2.05) is 29.2 Å². The Hall–Kier alpha value is -2.97. The van der Waals surface area contributed by atoms with Crippen molar-refractivity contribution in [1.82, 2.24) is 0 Å². The second kappa shape index (κ2) is 6.88. The van der Waals surface area contributed by atoms with Crippen LogP contribution in [0.5, 0.6) is 0 Å². The Labute approximate surface area is 151 Å². The lowest BCUT2D eigenvalue weighted by Crippen LogP contribution is -2.25. The fourth-order valence-corrected chi connectivity index (χ4v) is 3.05. The molecule has 3 rings (SSSR count). The lowest BCUT2D eigenvalue weighted by Gasteiger charge is -2.20. The van der Waals surface area contributed by atoms with Crippen molar-refractivity contribution in [1.29, 1.82) is 5.26 Å². The van der Waals surface area contributed by atoms with E-state index in [1.54, 1.807) is 24.4 Å². The Balaban J connectivity index is 1.84. The number of nitrogens with one attached hydrogen (secondary N) is 1. The zero-order chi connectivity index (χ0) is 18.0. The van der Waals surface area contributed by atoms with Crippen LogP contribution in [-0.4, -0.2) is 11.9 Å². The Morgan fingerprint density at radius 3 is 2.88 bits per heavy atom. The number of nitrogen functional groups attached to an aromatic ring is 1. The van der Waals surface area contributed by atoms with Crippen LogP contribution in [0.4, 0.5) is 17.1 Å². The first-order chi connectivity index (χ1) is 12.0. The maximum atomic E-state index is 12.4. The van der Waals surface area contributed by atoms with Crippen molar-refractivity contribution >= 4 is 34.6 Å². The second-order valence-corrected chi connectivity index (χ2v) is 6.34. The summed E-state index contributed by atoms with van der Waals surface area (Å²) in [5.74, 6) is -0.486. The minimum Gasteiger partial charge on any atom is -0.398 e. The molecular formula is C19H17ClN4O. The van der Waals surface area contributed by atoms with E-state index >= 15 is 0 Å². The summed E-state index contributed by atoms with van der Waals surface area (Å²) in [5.41, 5.74) is 8.82. The van der Waals surface area contributed by atoms with E-state index < -0.39 is 5.91 Å². The Morgan fingerprint density at radius 1 is 1.40 bits per heavy atom. The summed E-state index contributed by atoms with van der Waals surface area (Å²) in [6, 6.07) is 14.9. The van der Waals surface area contributed by atoms with Crippen LogP contribution in [0.3, 0.4) is 0 Å². The molecular weight excluding hydrogens is 336 g/mol. The molecule has 0 bridgehead atoms. The summed E-state index contributed by atoms with van der Waals surface area (Å²) in [6.45, 7) is 2.06. The number of benzene rings is 2. The average molecular weight is 353 g/mol. The van der Waals surface area contributed by atoms with Crippen molar-refractivity contribution in [3.8, 4) is 6.07 Å². The van der Waals surface area contributed by atoms with Crippen molar-refractivity contribution in [2.24, 2.45) is 0 Å². The van der Waals surface area contributed by atoms with E-state index in [0.717, 1.165) is 12.1 Å². The third-order valence-corrected chi connectivity index (χ3v) is 4.48. The van der Waals surface area contributed by atoms with E-state index in [0.29, 0.717) is 16.4 Å². The fourth-order valence-electron chi connectivity index (χ4n) is 2.87. The molecule has 1 atom stereocenters. The molecule has 5 nitrogen and oxygen atoms in total. The molecule has 2 aromatic rings. The van der Waals surface area contributed by atoms with E-state index in [9.17, 15) is 10.1 Å². The van der Waals surface area contributed by atoms with Gasteiger partial charge in [-0.2, -0.15) is 5.26 Å². The van der Waals surface area contributed by atoms with Crippen LogP contribution in [0.15, 0.2) is 54.2 Å². The molecule has 1 amide bonds. The number of carbonyl (C=O) groups is 1. The molecule has 0 radical (unpaired) electrons. The van der Waals surface area contributed by atoms with Gasteiger partial charge in [0, 0.05) is 23.6 Å². The van der Waals surface area contributed by atoms with Gasteiger partial charge in [-0.3, -0.25) is 4.79 Å². The van der Waals surface area contributed by atoms with Gasteiger partial charge in [-0.15, -0.1) is 0 Å². The van der Waals surface area contributed by atoms with Crippen LogP contribution in [0, 0.1) is 11.3 Å². The highest BCUT2D eigenvalue weighted by atomic mass is 35.5. The Morgan fingerprint density at radius 2 is 2.16 bits per heavy atom. The molecule has 0 saturated carbocycles. The number of fused-ring (bicyclic) bond motifs is 1. The highest BCUT2D eigenvalue weighted by molar-refractivity contribution is 6.33. The van der Waals surface area contributed by atoms with Crippen molar-refractivity contribution in [2.45, 2.75) is 19.4 Å². The molecule has 1 heterocycles. The standard InChI is InChI=1S/C19H17ClN4O/c1-12-8-13-4-2-3-5-18(13)24(12)11-14(10-21)19(25)23-15-6-7-17(22)16(20)9-15/h2-7,9,11-12H,8,22H2,1H3,(H,23,25)/b14-11-. The van der Waals surface area contributed by atoms with Crippen molar-refractivity contribution in [2.75, 3.05) is 16.0 Å². The summed E-state index contributed by atoms with van der Waals surface area (Å²) in [4.78, 5) is 14.4. The minimum absolute atomic E-state index is 0.0245. The van der Waals surface area contributed by atoms with Gasteiger partial charge in [-0.05, 0) is 43.2 Å². The number of amides is 1. The van der Waals surface area contributed by atoms with Crippen molar-refractivity contribution in [3.05, 3.63) is 64.8 Å². The number of hydrogen-bond acceptors (Lipinski definition) is 4. The molecule has 1 aliphatic rings. The third-order valence-electron chi connectivity index (χ3n) is 4.15. The zero-order valence-corrected chi connectivity index (χ0v) is 14.4. The first-order valence-electron chi connectivity index (χ1n) is 7.84. The van der Waals surface area contributed by atoms with Gasteiger partial charge < -0.3 is 16.0 Å². The van der Waals surface area contributed by atoms with E-state index in [2.05, 4.69) is 18.3 Å². The van der Waals surface area contributed by atoms with Crippen LogP contribution in [0.25, 0.3) is 0 Å². The zero-order valence-electron chi connectivity index (χ0n) is 13.7. The van der Waals surface area contributed by atoms with Gasteiger partial charge >= 0.3 is 0 Å². The van der Waals surface area contributed by atoms with Crippen molar-refractivity contribution < 1.29 is 4.79 Å². The summed E-state index contributed by atoms with van der Waals surface area (Å²) in [7, 11) is 0. The highest BCUT2D eigenvalue weighted by Gasteiger charge is 2.25. The molecule has 0 spiro atoms. The molecule has 0 aromatic heterocycles. The van der Waals surface area contributed by atoms with Gasteiger partial charge in [0.05, 0.1) is 10.7 Å². The molecule has 1 aliphatic heterocycles.